The Bertz CT molecular complexity index is 364. The smallest absolute Gasteiger partial charge is 0.139 e. The molecule has 2 nitrogen and oxygen atoms in total. The van der Waals surface area contributed by atoms with Crippen LogP contribution in [0.1, 0.15) is 19.8 Å². The Morgan fingerprint density at radius 1 is 1.38 bits per heavy atom. The van der Waals surface area contributed by atoms with Crippen LogP contribution in [0, 0.1) is 0 Å². The van der Waals surface area contributed by atoms with Gasteiger partial charge in [-0.2, -0.15) is 0 Å². The molecular weight excluding hydrogens is 245 g/mol. The van der Waals surface area contributed by atoms with Crippen LogP contribution in [-0.4, -0.2) is 18.7 Å². The zero-order chi connectivity index (χ0) is 11.5. The van der Waals surface area contributed by atoms with Crippen molar-refractivity contribution in [3.63, 3.8) is 0 Å². The second-order valence-corrected chi connectivity index (χ2v) is 4.88. The molecule has 1 fully saturated rings. The van der Waals surface area contributed by atoms with Gasteiger partial charge in [0.25, 0.3) is 0 Å². The maximum absolute atomic E-state index is 6.02. The first kappa shape index (κ1) is 12.0. The standard InChI is InChI=1S/C12H15Cl2NO/c1-2-15-9-6-10(7-9)16-12-5-8(13)3-4-11(12)14/h3-5,9-10,15H,2,6-7H2,1H3. The number of halogens is 2. The summed E-state index contributed by atoms with van der Waals surface area (Å²) in [6.07, 6.45) is 2.34. The monoisotopic (exact) mass is 259 g/mol. The highest BCUT2D eigenvalue weighted by Crippen LogP contribution is 2.32. The van der Waals surface area contributed by atoms with Gasteiger partial charge in [0.15, 0.2) is 0 Å². The summed E-state index contributed by atoms with van der Waals surface area (Å²) in [6.45, 7) is 3.12. The molecule has 0 amide bonds. The van der Waals surface area contributed by atoms with E-state index in [-0.39, 0.29) is 6.10 Å². The number of hydrogen-bond acceptors (Lipinski definition) is 2. The molecule has 0 saturated heterocycles. The van der Waals surface area contributed by atoms with Crippen molar-refractivity contribution in [1.29, 1.82) is 0 Å². The summed E-state index contributed by atoms with van der Waals surface area (Å²) in [6, 6.07) is 5.89. The van der Waals surface area contributed by atoms with E-state index in [9.17, 15) is 0 Å². The van der Waals surface area contributed by atoms with Crippen molar-refractivity contribution in [3.8, 4) is 5.75 Å². The van der Waals surface area contributed by atoms with Gasteiger partial charge < -0.3 is 10.1 Å². The normalized spacial score (nSPS) is 23.9. The largest absolute Gasteiger partial charge is 0.489 e. The van der Waals surface area contributed by atoms with Gasteiger partial charge in [-0.15, -0.1) is 0 Å². The Morgan fingerprint density at radius 3 is 2.81 bits per heavy atom. The lowest BCUT2D eigenvalue weighted by Gasteiger charge is -2.36. The summed E-state index contributed by atoms with van der Waals surface area (Å²) in [5, 5.41) is 4.66. The highest BCUT2D eigenvalue weighted by molar-refractivity contribution is 6.34. The Kier molecular flexibility index (Phi) is 3.95. The van der Waals surface area contributed by atoms with Crippen LogP contribution in [-0.2, 0) is 0 Å². The number of nitrogens with one attached hydrogen (secondary N) is 1. The molecule has 0 atom stereocenters. The van der Waals surface area contributed by atoms with E-state index in [1.165, 1.54) is 0 Å². The van der Waals surface area contributed by atoms with Gasteiger partial charge in [-0.05, 0) is 31.5 Å². The molecule has 1 aromatic carbocycles. The first-order valence-electron chi connectivity index (χ1n) is 5.54. The zero-order valence-corrected chi connectivity index (χ0v) is 10.7. The number of ether oxygens (including phenoxy) is 1. The summed E-state index contributed by atoms with van der Waals surface area (Å²) in [4.78, 5) is 0. The van der Waals surface area contributed by atoms with Crippen molar-refractivity contribution in [3.05, 3.63) is 28.2 Å². The molecule has 1 aliphatic carbocycles. The van der Waals surface area contributed by atoms with Crippen LogP contribution in [0.3, 0.4) is 0 Å². The van der Waals surface area contributed by atoms with Crippen molar-refractivity contribution in [2.75, 3.05) is 6.54 Å². The highest BCUT2D eigenvalue weighted by atomic mass is 35.5. The van der Waals surface area contributed by atoms with Gasteiger partial charge in [-0.25, -0.2) is 0 Å². The summed E-state index contributed by atoms with van der Waals surface area (Å²) in [7, 11) is 0. The van der Waals surface area contributed by atoms with E-state index < -0.39 is 0 Å². The van der Waals surface area contributed by atoms with Gasteiger partial charge in [0.1, 0.15) is 11.9 Å². The Morgan fingerprint density at radius 2 is 2.12 bits per heavy atom. The molecule has 0 radical (unpaired) electrons. The fourth-order valence-electron chi connectivity index (χ4n) is 1.86. The third kappa shape index (κ3) is 2.82. The maximum Gasteiger partial charge on any atom is 0.139 e. The molecule has 0 bridgehead atoms. The van der Waals surface area contributed by atoms with Gasteiger partial charge in [0, 0.05) is 17.1 Å². The fraction of sp³-hybridized carbons (Fsp3) is 0.500. The van der Waals surface area contributed by atoms with E-state index in [4.69, 9.17) is 27.9 Å². The minimum absolute atomic E-state index is 0.264. The van der Waals surface area contributed by atoms with Crippen LogP contribution in [0.2, 0.25) is 10.0 Å². The number of rotatable bonds is 4. The lowest BCUT2D eigenvalue weighted by atomic mass is 9.89. The molecule has 1 aliphatic rings. The van der Waals surface area contributed by atoms with Gasteiger partial charge in [-0.3, -0.25) is 0 Å². The number of benzene rings is 1. The van der Waals surface area contributed by atoms with Gasteiger partial charge in [0.2, 0.25) is 0 Å². The highest BCUT2D eigenvalue weighted by Gasteiger charge is 2.30. The van der Waals surface area contributed by atoms with Gasteiger partial charge in [0.05, 0.1) is 5.02 Å². The van der Waals surface area contributed by atoms with Crippen LogP contribution in [0.4, 0.5) is 0 Å². The van der Waals surface area contributed by atoms with Crippen LogP contribution in [0.5, 0.6) is 5.75 Å². The van der Waals surface area contributed by atoms with Crippen molar-refractivity contribution in [2.45, 2.75) is 31.9 Å². The zero-order valence-electron chi connectivity index (χ0n) is 9.17. The van der Waals surface area contributed by atoms with Crippen molar-refractivity contribution < 1.29 is 4.74 Å². The molecule has 1 aromatic rings. The molecule has 0 spiro atoms. The van der Waals surface area contributed by atoms with E-state index in [2.05, 4.69) is 12.2 Å². The van der Waals surface area contributed by atoms with E-state index in [1.54, 1.807) is 18.2 Å². The van der Waals surface area contributed by atoms with Gasteiger partial charge >= 0.3 is 0 Å². The lowest BCUT2D eigenvalue weighted by Crippen LogP contribution is -2.46. The minimum atomic E-state index is 0.264. The van der Waals surface area contributed by atoms with E-state index in [1.807, 2.05) is 0 Å². The van der Waals surface area contributed by atoms with Gasteiger partial charge in [-0.1, -0.05) is 30.1 Å². The SMILES string of the molecule is CCNC1CC(Oc2cc(Cl)ccc2Cl)C1. The third-order valence-corrected chi connectivity index (χ3v) is 3.32. The Labute approximate surface area is 106 Å². The lowest BCUT2D eigenvalue weighted by molar-refractivity contribution is 0.0860. The van der Waals surface area contributed by atoms with E-state index in [0.29, 0.717) is 21.8 Å². The summed E-state index contributed by atoms with van der Waals surface area (Å²) in [5.74, 6) is 0.689. The summed E-state index contributed by atoms with van der Waals surface area (Å²) < 4.78 is 5.78. The Balaban J connectivity index is 1.89. The fourth-order valence-corrected chi connectivity index (χ4v) is 2.19. The van der Waals surface area contributed by atoms with Crippen LogP contribution >= 0.6 is 23.2 Å². The average molecular weight is 260 g/mol. The Hall–Kier alpha value is -0.440. The van der Waals surface area contributed by atoms with Crippen LogP contribution < -0.4 is 10.1 Å². The summed E-state index contributed by atoms with van der Waals surface area (Å²) >= 11 is 11.9. The molecule has 1 N–H and O–H groups in total. The summed E-state index contributed by atoms with van der Waals surface area (Å²) in [5.41, 5.74) is 0. The van der Waals surface area contributed by atoms with Crippen molar-refractivity contribution >= 4 is 23.2 Å². The molecule has 0 aliphatic heterocycles. The first-order valence-corrected chi connectivity index (χ1v) is 6.29. The van der Waals surface area contributed by atoms with Crippen LogP contribution in [0.25, 0.3) is 0 Å². The van der Waals surface area contributed by atoms with E-state index >= 15 is 0 Å². The first-order chi connectivity index (χ1) is 7.69. The molecule has 88 valence electrons. The van der Waals surface area contributed by atoms with Crippen molar-refractivity contribution in [2.24, 2.45) is 0 Å². The van der Waals surface area contributed by atoms with E-state index in [0.717, 1.165) is 19.4 Å². The predicted molar refractivity (Wildman–Crippen MR) is 67.6 cm³/mol. The topological polar surface area (TPSA) is 21.3 Å². The average Bonchev–Trinajstić information content (AvgIpc) is 2.20. The molecule has 0 heterocycles. The molecule has 0 aromatic heterocycles. The molecule has 1 saturated carbocycles. The molecule has 0 unspecified atom stereocenters. The van der Waals surface area contributed by atoms with Crippen LogP contribution in [0.15, 0.2) is 18.2 Å². The molecule has 16 heavy (non-hydrogen) atoms. The maximum atomic E-state index is 6.02. The molecular formula is C12H15Cl2NO. The number of hydrogen-bond donors (Lipinski definition) is 1. The molecule has 2 rings (SSSR count). The molecule has 4 heteroatoms. The second-order valence-electron chi connectivity index (χ2n) is 4.04. The predicted octanol–water partition coefficient (Wildman–Crippen LogP) is 3.51. The second kappa shape index (κ2) is 5.26. The quantitative estimate of drug-likeness (QED) is 0.894. The third-order valence-electron chi connectivity index (χ3n) is 2.77. The van der Waals surface area contributed by atoms with Crippen molar-refractivity contribution in [1.82, 2.24) is 5.32 Å². The minimum Gasteiger partial charge on any atom is -0.489 e.